The van der Waals surface area contributed by atoms with Crippen LogP contribution in [0.1, 0.15) is 22.0 Å². The maximum Gasteiger partial charge on any atom is 0.280 e. The number of benzene rings is 1. The van der Waals surface area contributed by atoms with Gasteiger partial charge >= 0.3 is 0 Å². The zero-order valence-corrected chi connectivity index (χ0v) is 9.82. The molecule has 0 amide bonds. The largest absolute Gasteiger partial charge is 0.298 e. The molecule has 2 aromatic rings. The van der Waals surface area contributed by atoms with Gasteiger partial charge in [-0.3, -0.25) is 14.9 Å². The molecule has 0 aliphatic carbocycles. The molecule has 7 nitrogen and oxygen atoms in total. The van der Waals surface area contributed by atoms with Gasteiger partial charge in [0.2, 0.25) is 0 Å². The molecule has 0 aliphatic rings. The van der Waals surface area contributed by atoms with E-state index in [0.29, 0.717) is 23.6 Å². The number of aryl methyl sites for hydroxylation is 2. The molecule has 1 aromatic heterocycles. The van der Waals surface area contributed by atoms with Gasteiger partial charge in [-0.2, -0.15) is 5.10 Å². The maximum absolute atomic E-state index is 10.9. The molecule has 0 unspecified atom stereocenters. The van der Waals surface area contributed by atoms with Crippen molar-refractivity contribution in [3.05, 3.63) is 45.5 Å². The van der Waals surface area contributed by atoms with E-state index in [1.165, 1.54) is 22.9 Å². The number of carbonyl (C=O) groups excluding carboxylic acids is 1. The molecule has 0 saturated carbocycles. The number of rotatable bonds is 3. The SMILES string of the molecule is Cc1nc(C)n(-c2ccc([N+](=O)[O-])c(C=O)c2)n1. The van der Waals surface area contributed by atoms with Crippen molar-refractivity contribution in [2.75, 3.05) is 0 Å². The van der Waals surface area contributed by atoms with Gasteiger partial charge in [-0.1, -0.05) is 0 Å². The summed E-state index contributed by atoms with van der Waals surface area (Å²) >= 11 is 0. The Morgan fingerprint density at radius 3 is 2.61 bits per heavy atom. The molecular formula is C11H10N4O3. The van der Waals surface area contributed by atoms with E-state index in [9.17, 15) is 14.9 Å². The Morgan fingerprint density at radius 1 is 1.39 bits per heavy atom. The van der Waals surface area contributed by atoms with Crippen molar-refractivity contribution in [2.24, 2.45) is 0 Å². The van der Waals surface area contributed by atoms with Gasteiger partial charge in [0.25, 0.3) is 5.69 Å². The number of aldehydes is 1. The smallest absolute Gasteiger partial charge is 0.280 e. The van der Waals surface area contributed by atoms with Crippen LogP contribution in [0.2, 0.25) is 0 Å². The first-order valence-electron chi connectivity index (χ1n) is 5.17. The summed E-state index contributed by atoms with van der Waals surface area (Å²) in [6.45, 7) is 3.51. The van der Waals surface area contributed by atoms with Crippen LogP contribution in [0.25, 0.3) is 5.69 Å². The van der Waals surface area contributed by atoms with Gasteiger partial charge in [-0.25, -0.2) is 9.67 Å². The predicted molar refractivity (Wildman–Crippen MR) is 62.9 cm³/mol. The van der Waals surface area contributed by atoms with Crippen molar-refractivity contribution in [3.8, 4) is 5.69 Å². The monoisotopic (exact) mass is 246 g/mol. The first-order valence-corrected chi connectivity index (χ1v) is 5.17. The van der Waals surface area contributed by atoms with E-state index in [2.05, 4.69) is 10.1 Å². The van der Waals surface area contributed by atoms with E-state index >= 15 is 0 Å². The molecule has 1 aromatic carbocycles. The van der Waals surface area contributed by atoms with E-state index in [0.717, 1.165) is 0 Å². The van der Waals surface area contributed by atoms with Crippen LogP contribution in [0.15, 0.2) is 18.2 Å². The normalized spacial score (nSPS) is 10.3. The molecule has 0 spiro atoms. The Kier molecular flexibility index (Phi) is 2.88. The highest BCUT2D eigenvalue weighted by atomic mass is 16.6. The minimum Gasteiger partial charge on any atom is -0.298 e. The van der Waals surface area contributed by atoms with Crippen molar-refractivity contribution in [1.29, 1.82) is 0 Å². The Bertz CT molecular complexity index is 633. The fraction of sp³-hybridized carbons (Fsp3) is 0.182. The minimum absolute atomic E-state index is 0.0186. The number of nitro groups is 1. The van der Waals surface area contributed by atoms with Crippen LogP contribution in [-0.4, -0.2) is 26.0 Å². The van der Waals surface area contributed by atoms with E-state index in [1.807, 2.05) is 0 Å². The summed E-state index contributed by atoms with van der Waals surface area (Å²) in [4.78, 5) is 25.1. The second-order valence-corrected chi connectivity index (χ2v) is 3.74. The lowest BCUT2D eigenvalue weighted by molar-refractivity contribution is -0.385. The summed E-state index contributed by atoms with van der Waals surface area (Å²) in [6.07, 6.45) is 0.459. The van der Waals surface area contributed by atoms with E-state index in [4.69, 9.17) is 0 Å². The lowest BCUT2D eigenvalue weighted by Crippen LogP contribution is -2.02. The Labute approximate surface area is 102 Å². The number of nitrogens with zero attached hydrogens (tertiary/aromatic N) is 4. The third-order valence-electron chi connectivity index (χ3n) is 2.45. The van der Waals surface area contributed by atoms with Gasteiger partial charge in [-0.15, -0.1) is 0 Å². The fourth-order valence-electron chi connectivity index (χ4n) is 1.70. The zero-order chi connectivity index (χ0) is 13.3. The van der Waals surface area contributed by atoms with Gasteiger partial charge in [0.05, 0.1) is 16.2 Å². The minimum atomic E-state index is -0.590. The van der Waals surface area contributed by atoms with E-state index in [-0.39, 0.29) is 11.3 Å². The van der Waals surface area contributed by atoms with Gasteiger partial charge in [0, 0.05) is 6.07 Å². The Morgan fingerprint density at radius 2 is 2.11 bits per heavy atom. The second-order valence-electron chi connectivity index (χ2n) is 3.74. The Balaban J connectivity index is 2.57. The average Bonchev–Trinajstić information content (AvgIpc) is 2.67. The van der Waals surface area contributed by atoms with Crippen LogP contribution in [0.3, 0.4) is 0 Å². The highest BCUT2D eigenvalue weighted by molar-refractivity contribution is 5.82. The Hall–Kier alpha value is -2.57. The molecule has 2 rings (SSSR count). The fourth-order valence-corrected chi connectivity index (χ4v) is 1.70. The van der Waals surface area contributed by atoms with Gasteiger partial charge < -0.3 is 0 Å². The molecule has 0 N–H and O–H groups in total. The van der Waals surface area contributed by atoms with E-state index in [1.54, 1.807) is 13.8 Å². The first kappa shape index (κ1) is 11.9. The van der Waals surface area contributed by atoms with Crippen molar-refractivity contribution in [1.82, 2.24) is 14.8 Å². The maximum atomic E-state index is 10.9. The van der Waals surface area contributed by atoms with Crippen LogP contribution >= 0.6 is 0 Å². The zero-order valence-electron chi connectivity index (χ0n) is 9.82. The highest BCUT2D eigenvalue weighted by Gasteiger charge is 2.15. The second kappa shape index (κ2) is 4.36. The third-order valence-corrected chi connectivity index (χ3v) is 2.45. The number of nitro benzene ring substituents is 1. The van der Waals surface area contributed by atoms with Gasteiger partial charge in [-0.05, 0) is 26.0 Å². The molecule has 1 heterocycles. The van der Waals surface area contributed by atoms with Crippen molar-refractivity contribution in [2.45, 2.75) is 13.8 Å². The quantitative estimate of drug-likeness (QED) is 0.466. The van der Waals surface area contributed by atoms with Crippen LogP contribution in [0.5, 0.6) is 0 Å². The summed E-state index contributed by atoms with van der Waals surface area (Å²) in [7, 11) is 0. The number of hydrogen-bond donors (Lipinski definition) is 0. The summed E-state index contributed by atoms with van der Waals surface area (Å²) in [5.74, 6) is 1.25. The van der Waals surface area contributed by atoms with Gasteiger partial charge in [0.1, 0.15) is 11.6 Å². The topological polar surface area (TPSA) is 90.9 Å². The average molecular weight is 246 g/mol. The lowest BCUT2D eigenvalue weighted by atomic mass is 10.2. The molecule has 7 heteroatoms. The predicted octanol–water partition coefficient (Wildman–Crippen LogP) is 1.60. The first-order chi connectivity index (χ1) is 8.52. The number of aromatic nitrogens is 3. The van der Waals surface area contributed by atoms with Crippen LogP contribution in [-0.2, 0) is 0 Å². The van der Waals surface area contributed by atoms with Crippen LogP contribution in [0.4, 0.5) is 5.69 Å². The van der Waals surface area contributed by atoms with Crippen molar-refractivity contribution < 1.29 is 9.72 Å². The summed E-state index contributed by atoms with van der Waals surface area (Å²) in [5, 5.41) is 14.9. The molecule has 0 fully saturated rings. The molecular weight excluding hydrogens is 236 g/mol. The summed E-state index contributed by atoms with van der Waals surface area (Å²) < 4.78 is 1.53. The van der Waals surface area contributed by atoms with Crippen molar-refractivity contribution in [3.63, 3.8) is 0 Å². The number of hydrogen-bond acceptors (Lipinski definition) is 5. The van der Waals surface area contributed by atoms with Crippen molar-refractivity contribution >= 4 is 12.0 Å². The molecule has 0 saturated heterocycles. The number of carbonyl (C=O) groups is 1. The molecule has 0 aliphatic heterocycles. The summed E-state index contributed by atoms with van der Waals surface area (Å²) in [6, 6.07) is 4.24. The molecule has 0 atom stereocenters. The molecule has 0 bridgehead atoms. The molecule has 92 valence electrons. The standard InChI is InChI=1S/C11H10N4O3/c1-7-12-8(2)14(13-7)10-3-4-11(15(17)18)9(5-10)6-16/h3-6H,1-2H3. The summed E-state index contributed by atoms with van der Waals surface area (Å²) in [5.41, 5.74) is 0.370. The highest BCUT2D eigenvalue weighted by Crippen LogP contribution is 2.20. The van der Waals surface area contributed by atoms with Crippen LogP contribution < -0.4 is 0 Å². The van der Waals surface area contributed by atoms with E-state index < -0.39 is 4.92 Å². The lowest BCUT2D eigenvalue weighted by Gasteiger charge is -2.03. The molecule has 0 radical (unpaired) electrons. The van der Waals surface area contributed by atoms with Crippen LogP contribution in [0, 0.1) is 24.0 Å². The van der Waals surface area contributed by atoms with Gasteiger partial charge in [0.15, 0.2) is 6.29 Å². The molecule has 18 heavy (non-hydrogen) atoms. The third kappa shape index (κ3) is 1.97.